The Hall–Kier alpha value is -0.480. The minimum atomic E-state index is 0.500. The van der Waals surface area contributed by atoms with Crippen molar-refractivity contribution >= 4 is 11.8 Å². The quantitative estimate of drug-likeness (QED) is 0.876. The van der Waals surface area contributed by atoms with Crippen molar-refractivity contribution in [2.75, 3.05) is 11.5 Å². The molecule has 0 amide bonds. The van der Waals surface area contributed by atoms with Gasteiger partial charge in [0, 0.05) is 23.4 Å². The van der Waals surface area contributed by atoms with Crippen LogP contribution in [0.2, 0.25) is 0 Å². The van der Waals surface area contributed by atoms with Crippen molar-refractivity contribution in [1.82, 2.24) is 10.5 Å². The van der Waals surface area contributed by atoms with E-state index in [9.17, 15) is 0 Å². The molecule has 1 N–H and O–H groups in total. The van der Waals surface area contributed by atoms with E-state index in [2.05, 4.69) is 17.4 Å². The van der Waals surface area contributed by atoms with Crippen molar-refractivity contribution in [2.24, 2.45) is 0 Å². The maximum absolute atomic E-state index is 5.18. The normalized spacial score (nSPS) is 22.6. The van der Waals surface area contributed by atoms with Crippen molar-refractivity contribution in [3.8, 4) is 0 Å². The molecule has 1 saturated heterocycles. The first-order valence-corrected chi connectivity index (χ1v) is 7.08. The van der Waals surface area contributed by atoms with Crippen molar-refractivity contribution in [3.63, 3.8) is 0 Å². The Labute approximate surface area is 101 Å². The van der Waals surface area contributed by atoms with Crippen molar-refractivity contribution in [3.05, 3.63) is 17.0 Å². The second-order valence-electron chi connectivity index (χ2n) is 4.64. The molecule has 2 unspecified atom stereocenters. The Balaban J connectivity index is 1.88. The van der Waals surface area contributed by atoms with Gasteiger partial charge in [-0.2, -0.15) is 11.8 Å². The molecule has 16 heavy (non-hydrogen) atoms. The number of thioether (sulfide) groups is 1. The van der Waals surface area contributed by atoms with Gasteiger partial charge in [-0.1, -0.05) is 5.16 Å². The number of nitrogens with zero attached hydrogens (tertiary/aromatic N) is 1. The zero-order valence-corrected chi connectivity index (χ0v) is 11.1. The number of rotatable bonds is 4. The summed E-state index contributed by atoms with van der Waals surface area (Å²) in [4.78, 5) is 0. The number of aromatic nitrogens is 1. The van der Waals surface area contributed by atoms with Gasteiger partial charge in [0.2, 0.25) is 0 Å². The van der Waals surface area contributed by atoms with Gasteiger partial charge in [0.15, 0.2) is 0 Å². The third-order valence-electron chi connectivity index (χ3n) is 3.14. The maximum atomic E-state index is 5.18. The molecule has 3 nitrogen and oxygen atoms in total. The van der Waals surface area contributed by atoms with E-state index < -0.39 is 0 Å². The highest BCUT2D eigenvalue weighted by molar-refractivity contribution is 7.99. The highest BCUT2D eigenvalue weighted by Crippen LogP contribution is 2.19. The minimum absolute atomic E-state index is 0.500. The van der Waals surface area contributed by atoms with Crippen LogP contribution >= 0.6 is 11.8 Å². The molecule has 2 atom stereocenters. The average molecular weight is 240 g/mol. The molecule has 1 aliphatic rings. The van der Waals surface area contributed by atoms with Crippen LogP contribution < -0.4 is 5.32 Å². The number of hydrogen-bond donors (Lipinski definition) is 1. The van der Waals surface area contributed by atoms with Crippen LogP contribution in [-0.2, 0) is 6.42 Å². The van der Waals surface area contributed by atoms with Gasteiger partial charge in [0.1, 0.15) is 5.76 Å². The van der Waals surface area contributed by atoms with E-state index in [4.69, 9.17) is 4.52 Å². The molecular weight excluding hydrogens is 220 g/mol. The SMILES string of the molecule is Cc1noc(C)c1CC(C)NC1CCSC1. The maximum Gasteiger partial charge on any atom is 0.137 e. The molecular formula is C12H20N2OS. The molecule has 0 radical (unpaired) electrons. The van der Waals surface area contributed by atoms with Gasteiger partial charge in [-0.3, -0.25) is 0 Å². The van der Waals surface area contributed by atoms with Crippen molar-refractivity contribution in [1.29, 1.82) is 0 Å². The van der Waals surface area contributed by atoms with Gasteiger partial charge in [0.05, 0.1) is 5.69 Å². The van der Waals surface area contributed by atoms with E-state index in [0.29, 0.717) is 12.1 Å². The molecule has 1 aliphatic heterocycles. The molecule has 0 saturated carbocycles. The van der Waals surface area contributed by atoms with E-state index in [1.807, 2.05) is 25.6 Å². The summed E-state index contributed by atoms with van der Waals surface area (Å²) in [5.74, 6) is 3.52. The predicted molar refractivity (Wildman–Crippen MR) is 68.0 cm³/mol. The highest BCUT2D eigenvalue weighted by Gasteiger charge is 2.19. The van der Waals surface area contributed by atoms with Crippen LogP contribution in [0.25, 0.3) is 0 Å². The molecule has 90 valence electrons. The van der Waals surface area contributed by atoms with Gasteiger partial charge in [-0.15, -0.1) is 0 Å². The van der Waals surface area contributed by atoms with E-state index in [0.717, 1.165) is 17.9 Å². The van der Waals surface area contributed by atoms with Gasteiger partial charge >= 0.3 is 0 Å². The summed E-state index contributed by atoms with van der Waals surface area (Å²) in [6.07, 6.45) is 2.32. The molecule has 1 fully saturated rings. The van der Waals surface area contributed by atoms with Crippen LogP contribution in [0.4, 0.5) is 0 Å². The molecule has 1 aromatic heterocycles. The first kappa shape index (κ1) is 12.0. The lowest BCUT2D eigenvalue weighted by atomic mass is 10.0. The lowest BCUT2D eigenvalue weighted by Gasteiger charge is -2.18. The van der Waals surface area contributed by atoms with Gasteiger partial charge in [-0.25, -0.2) is 0 Å². The van der Waals surface area contributed by atoms with E-state index >= 15 is 0 Å². The largest absolute Gasteiger partial charge is 0.361 e. The van der Waals surface area contributed by atoms with E-state index in [1.54, 1.807) is 0 Å². The summed E-state index contributed by atoms with van der Waals surface area (Å²) in [7, 11) is 0. The van der Waals surface area contributed by atoms with E-state index in [1.165, 1.54) is 23.5 Å². The molecule has 1 aromatic rings. The minimum Gasteiger partial charge on any atom is -0.361 e. The van der Waals surface area contributed by atoms with Crippen LogP contribution in [0.3, 0.4) is 0 Å². The van der Waals surface area contributed by atoms with Crippen LogP contribution in [0.5, 0.6) is 0 Å². The second kappa shape index (κ2) is 5.23. The summed E-state index contributed by atoms with van der Waals surface area (Å²) in [5.41, 5.74) is 2.30. The van der Waals surface area contributed by atoms with Crippen molar-refractivity contribution < 1.29 is 4.52 Å². The molecule has 2 heterocycles. The first-order valence-electron chi connectivity index (χ1n) is 5.92. The monoisotopic (exact) mass is 240 g/mol. The van der Waals surface area contributed by atoms with E-state index in [-0.39, 0.29) is 0 Å². The molecule has 0 bridgehead atoms. The lowest BCUT2D eigenvalue weighted by molar-refractivity contribution is 0.391. The third kappa shape index (κ3) is 2.80. The summed E-state index contributed by atoms with van der Waals surface area (Å²) < 4.78 is 5.18. The van der Waals surface area contributed by atoms with Crippen LogP contribution in [0.15, 0.2) is 4.52 Å². The van der Waals surface area contributed by atoms with Crippen LogP contribution in [0.1, 0.15) is 30.4 Å². The fraction of sp³-hybridized carbons (Fsp3) is 0.750. The molecule has 0 aromatic carbocycles. The van der Waals surface area contributed by atoms with Crippen LogP contribution in [0, 0.1) is 13.8 Å². The third-order valence-corrected chi connectivity index (χ3v) is 4.30. The summed E-state index contributed by atoms with van der Waals surface area (Å²) >= 11 is 2.05. The fourth-order valence-corrected chi connectivity index (χ4v) is 3.39. The smallest absolute Gasteiger partial charge is 0.137 e. The van der Waals surface area contributed by atoms with Gasteiger partial charge in [-0.05, 0) is 39.4 Å². The van der Waals surface area contributed by atoms with Crippen molar-refractivity contribution in [2.45, 2.75) is 45.7 Å². The fourth-order valence-electron chi connectivity index (χ4n) is 2.23. The summed E-state index contributed by atoms with van der Waals surface area (Å²) in [6, 6.07) is 1.20. The molecule has 0 spiro atoms. The zero-order chi connectivity index (χ0) is 11.5. The highest BCUT2D eigenvalue weighted by atomic mass is 32.2. The number of nitrogens with one attached hydrogen (secondary N) is 1. The Morgan fingerprint density at radius 2 is 2.38 bits per heavy atom. The lowest BCUT2D eigenvalue weighted by Crippen LogP contribution is -2.37. The Morgan fingerprint density at radius 1 is 1.56 bits per heavy atom. The van der Waals surface area contributed by atoms with Gasteiger partial charge < -0.3 is 9.84 Å². The predicted octanol–water partition coefficient (Wildman–Crippen LogP) is 2.32. The molecule has 0 aliphatic carbocycles. The number of aryl methyl sites for hydroxylation is 2. The number of hydrogen-bond acceptors (Lipinski definition) is 4. The standard InChI is InChI=1S/C12H20N2OS/c1-8(13-11-4-5-16-7-11)6-12-9(2)14-15-10(12)3/h8,11,13H,4-7H2,1-3H3. The molecule has 4 heteroatoms. The zero-order valence-electron chi connectivity index (χ0n) is 10.2. The Kier molecular flexibility index (Phi) is 3.92. The summed E-state index contributed by atoms with van der Waals surface area (Å²) in [6.45, 7) is 6.26. The van der Waals surface area contributed by atoms with Crippen LogP contribution in [-0.4, -0.2) is 28.7 Å². The second-order valence-corrected chi connectivity index (χ2v) is 5.78. The topological polar surface area (TPSA) is 38.1 Å². The average Bonchev–Trinajstić information content (AvgIpc) is 2.83. The van der Waals surface area contributed by atoms with Gasteiger partial charge in [0.25, 0.3) is 0 Å². The molecule has 2 rings (SSSR count). The summed E-state index contributed by atoms with van der Waals surface area (Å²) in [5, 5.41) is 7.68. The Bertz CT molecular complexity index is 325. The first-order chi connectivity index (χ1) is 7.66. The Morgan fingerprint density at radius 3 is 2.94 bits per heavy atom.